The summed E-state index contributed by atoms with van der Waals surface area (Å²) < 4.78 is 5.32. The Balaban J connectivity index is 2.04. The average Bonchev–Trinajstić information content (AvgIpc) is 2.76. The maximum absolute atomic E-state index is 5.32. The molecule has 0 aliphatic carbocycles. The first-order chi connectivity index (χ1) is 8.70. The van der Waals surface area contributed by atoms with Gasteiger partial charge in [-0.25, -0.2) is 0 Å². The van der Waals surface area contributed by atoms with E-state index in [4.69, 9.17) is 4.42 Å². The first-order valence-corrected chi connectivity index (χ1v) is 6.18. The van der Waals surface area contributed by atoms with Crippen LogP contribution in [0.1, 0.15) is 16.9 Å². The van der Waals surface area contributed by atoms with E-state index in [-0.39, 0.29) is 0 Å². The maximum Gasteiger partial charge on any atom is 0.105 e. The molecule has 1 heterocycles. The molecular formula is C15H20N2O. The highest BCUT2D eigenvalue weighted by molar-refractivity contribution is 5.47. The predicted octanol–water partition coefficient (Wildman–Crippen LogP) is 2.94. The third-order valence-electron chi connectivity index (χ3n) is 3.13. The highest BCUT2D eigenvalue weighted by Gasteiger charge is 2.06. The molecule has 0 aliphatic rings. The van der Waals surface area contributed by atoms with Gasteiger partial charge in [0, 0.05) is 31.4 Å². The molecule has 0 fully saturated rings. The van der Waals surface area contributed by atoms with Crippen LogP contribution >= 0.6 is 0 Å². The number of aryl methyl sites for hydroxylation is 1. The molecule has 1 aromatic carbocycles. The van der Waals surface area contributed by atoms with E-state index in [1.807, 2.05) is 20.0 Å². The number of hydrogen-bond acceptors (Lipinski definition) is 3. The Morgan fingerprint density at radius 3 is 2.44 bits per heavy atom. The maximum atomic E-state index is 5.32. The molecular weight excluding hydrogens is 224 g/mol. The van der Waals surface area contributed by atoms with E-state index in [2.05, 4.69) is 41.5 Å². The van der Waals surface area contributed by atoms with Crippen LogP contribution in [0, 0.1) is 6.92 Å². The molecule has 2 aromatic rings. The summed E-state index contributed by atoms with van der Waals surface area (Å²) in [5, 5.41) is 3.15. The van der Waals surface area contributed by atoms with Crippen molar-refractivity contribution in [1.82, 2.24) is 5.32 Å². The highest BCUT2D eigenvalue weighted by Crippen LogP contribution is 2.18. The van der Waals surface area contributed by atoms with Crippen molar-refractivity contribution >= 4 is 5.69 Å². The third kappa shape index (κ3) is 2.93. The summed E-state index contributed by atoms with van der Waals surface area (Å²) in [6, 6.07) is 10.7. The van der Waals surface area contributed by atoms with Gasteiger partial charge in [-0.2, -0.15) is 0 Å². The Hall–Kier alpha value is -1.74. The van der Waals surface area contributed by atoms with Gasteiger partial charge in [0.05, 0.1) is 6.26 Å². The normalized spacial score (nSPS) is 10.6. The molecule has 0 atom stereocenters. The Labute approximate surface area is 108 Å². The van der Waals surface area contributed by atoms with Crippen molar-refractivity contribution in [2.45, 2.75) is 20.0 Å². The molecule has 0 saturated carbocycles. The van der Waals surface area contributed by atoms with E-state index in [1.165, 1.54) is 16.8 Å². The summed E-state index contributed by atoms with van der Waals surface area (Å²) in [5.74, 6) is 0.994. The van der Waals surface area contributed by atoms with Crippen molar-refractivity contribution in [3.8, 4) is 0 Å². The molecule has 18 heavy (non-hydrogen) atoms. The van der Waals surface area contributed by atoms with Gasteiger partial charge in [0.25, 0.3) is 0 Å². The second-order valence-corrected chi connectivity index (χ2v) is 4.55. The number of nitrogens with zero attached hydrogens (tertiary/aromatic N) is 1. The molecule has 0 aliphatic heterocycles. The number of nitrogens with one attached hydrogen (secondary N) is 1. The zero-order valence-corrected chi connectivity index (χ0v) is 11.2. The summed E-state index contributed by atoms with van der Waals surface area (Å²) in [4.78, 5) is 2.22. The predicted molar refractivity (Wildman–Crippen MR) is 74.8 cm³/mol. The molecule has 1 aromatic heterocycles. The summed E-state index contributed by atoms with van der Waals surface area (Å²) in [6.07, 6.45) is 1.74. The van der Waals surface area contributed by atoms with Crippen LogP contribution in [-0.2, 0) is 13.1 Å². The second-order valence-electron chi connectivity index (χ2n) is 4.55. The van der Waals surface area contributed by atoms with Crippen molar-refractivity contribution in [1.29, 1.82) is 0 Å². The smallest absolute Gasteiger partial charge is 0.105 e. The van der Waals surface area contributed by atoms with Crippen LogP contribution in [0.4, 0.5) is 5.69 Å². The van der Waals surface area contributed by atoms with Gasteiger partial charge in [-0.1, -0.05) is 12.1 Å². The minimum Gasteiger partial charge on any atom is -0.469 e. The van der Waals surface area contributed by atoms with Crippen LogP contribution in [0.25, 0.3) is 0 Å². The van der Waals surface area contributed by atoms with Crippen molar-refractivity contribution in [2.24, 2.45) is 0 Å². The molecule has 2 rings (SSSR count). The summed E-state index contributed by atoms with van der Waals surface area (Å²) in [6.45, 7) is 3.78. The molecule has 96 valence electrons. The van der Waals surface area contributed by atoms with Gasteiger partial charge in [-0.05, 0) is 37.7 Å². The molecule has 3 nitrogen and oxygen atoms in total. The lowest BCUT2D eigenvalue weighted by atomic mass is 10.2. The zero-order valence-electron chi connectivity index (χ0n) is 11.2. The Morgan fingerprint density at radius 1 is 1.17 bits per heavy atom. The monoisotopic (exact) mass is 244 g/mol. The SMILES string of the molecule is CNCc1ccc(N(C)Cc2ccoc2C)cc1. The quantitative estimate of drug-likeness (QED) is 0.876. The Kier molecular flexibility index (Phi) is 4.05. The van der Waals surface area contributed by atoms with E-state index in [0.29, 0.717) is 0 Å². The fraction of sp³-hybridized carbons (Fsp3) is 0.333. The van der Waals surface area contributed by atoms with Crippen LogP contribution in [0.3, 0.4) is 0 Å². The number of benzene rings is 1. The zero-order chi connectivity index (χ0) is 13.0. The molecule has 0 saturated heterocycles. The lowest BCUT2D eigenvalue weighted by molar-refractivity contribution is 0.529. The fourth-order valence-electron chi connectivity index (χ4n) is 1.99. The lowest BCUT2D eigenvalue weighted by Gasteiger charge is -2.19. The number of rotatable bonds is 5. The van der Waals surface area contributed by atoms with Crippen LogP contribution in [0.2, 0.25) is 0 Å². The topological polar surface area (TPSA) is 28.4 Å². The largest absolute Gasteiger partial charge is 0.469 e. The molecule has 0 spiro atoms. The van der Waals surface area contributed by atoms with Gasteiger partial charge in [0.2, 0.25) is 0 Å². The fourth-order valence-corrected chi connectivity index (χ4v) is 1.99. The standard InChI is InChI=1S/C15H20N2O/c1-12-14(8-9-18-12)11-17(3)15-6-4-13(5-7-15)10-16-2/h4-9,16H,10-11H2,1-3H3. The lowest BCUT2D eigenvalue weighted by Crippen LogP contribution is -2.16. The first-order valence-electron chi connectivity index (χ1n) is 6.18. The van der Waals surface area contributed by atoms with Gasteiger partial charge in [0.15, 0.2) is 0 Å². The Bertz CT molecular complexity index is 487. The van der Waals surface area contributed by atoms with Crippen molar-refractivity contribution in [2.75, 3.05) is 19.0 Å². The van der Waals surface area contributed by atoms with Crippen molar-refractivity contribution < 1.29 is 4.42 Å². The molecule has 0 amide bonds. The summed E-state index contributed by atoms with van der Waals surface area (Å²) in [5.41, 5.74) is 3.75. The minimum atomic E-state index is 0.869. The highest BCUT2D eigenvalue weighted by atomic mass is 16.3. The van der Waals surface area contributed by atoms with E-state index >= 15 is 0 Å². The molecule has 1 N–H and O–H groups in total. The minimum absolute atomic E-state index is 0.869. The van der Waals surface area contributed by atoms with Crippen LogP contribution in [0.15, 0.2) is 41.0 Å². The first kappa shape index (κ1) is 12.7. The summed E-state index contributed by atoms with van der Waals surface area (Å²) in [7, 11) is 4.06. The van der Waals surface area contributed by atoms with Gasteiger partial charge in [-0.3, -0.25) is 0 Å². The van der Waals surface area contributed by atoms with Crippen molar-refractivity contribution in [3.63, 3.8) is 0 Å². The Morgan fingerprint density at radius 2 is 1.89 bits per heavy atom. The number of hydrogen-bond donors (Lipinski definition) is 1. The van der Waals surface area contributed by atoms with Gasteiger partial charge < -0.3 is 14.6 Å². The number of anilines is 1. The van der Waals surface area contributed by atoms with E-state index in [1.54, 1.807) is 6.26 Å². The van der Waals surface area contributed by atoms with Crippen LogP contribution in [-0.4, -0.2) is 14.1 Å². The van der Waals surface area contributed by atoms with Gasteiger partial charge in [-0.15, -0.1) is 0 Å². The van der Waals surface area contributed by atoms with Gasteiger partial charge in [0.1, 0.15) is 5.76 Å². The summed E-state index contributed by atoms with van der Waals surface area (Å²) >= 11 is 0. The van der Waals surface area contributed by atoms with E-state index < -0.39 is 0 Å². The molecule has 0 radical (unpaired) electrons. The molecule has 3 heteroatoms. The number of furan rings is 1. The van der Waals surface area contributed by atoms with Crippen molar-refractivity contribution in [3.05, 3.63) is 53.5 Å². The second kappa shape index (κ2) is 5.74. The molecule has 0 bridgehead atoms. The van der Waals surface area contributed by atoms with Gasteiger partial charge >= 0.3 is 0 Å². The van der Waals surface area contributed by atoms with E-state index in [0.717, 1.165) is 18.8 Å². The molecule has 0 unspecified atom stereocenters. The third-order valence-corrected chi connectivity index (χ3v) is 3.13. The average molecular weight is 244 g/mol. The van der Waals surface area contributed by atoms with E-state index in [9.17, 15) is 0 Å². The van der Waals surface area contributed by atoms with Crippen LogP contribution in [0.5, 0.6) is 0 Å². The van der Waals surface area contributed by atoms with Crippen LogP contribution < -0.4 is 10.2 Å².